The lowest BCUT2D eigenvalue weighted by molar-refractivity contribution is 0.518. The Labute approximate surface area is 108 Å². The third-order valence-corrected chi connectivity index (χ3v) is 3.45. The molecule has 1 aromatic rings. The predicted molar refractivity (Wildman–Crippen MR) is 76.5 cm³/mol. The van der Waals surface area contributed by atoms with E-state index in [4.69, 9.17) is 0 Å². The van der Waals surface area contributed by atoms with E-state index in [1.165, 1.54) is 18.5 Å². The molecule has 0 spiro atoms. The summed E-state index contributed by atoms with van der Waals surface area (Å²) in [5.41, 5.74) is 1.34. The molecule has 0 fully saturated rings. The zero-order valence-electron chi connectivity index (χ0n) is 10.3. The van der Waals surface area contributed by atoms with E-state index in [1.807, 2.05) is 0 Å². The summed E-state index contributed by atoms with van der Waals surface area (Å²) in [5.74, 6) is 0.803. The van der Waals surface area contributed by atoms with Crippen molar-refractivity contribution in [1.29, 1.82) is 0 Å². The first kappa shape index (κ1) is 13.6. The Morgan fingerprint density at radius 2 is 1.88 bits per heavy atom. The topological polar surface area (TPSA) is 3.24 Å². The van der Waals surface area contributed by atoms with Gasteiger partial charge in [-0.15, -0.1) is 0 Å². The monoisotopic (exact) mass is 283 g/mol. The van der Waals surface area contributed by atoms with Gasteiger partial charge < -0.3 is 4.90 Å². The molecule has 16 heavy (non-hydrogen) atoms. The molecule has 1 unspecified atom stereocenters. The van der Waals surface area contributed by atoms with Gasteiger partial charge in [0.05, 0.1) is 0 Å². The maximum atomic E-state index is 3.51. The molecule has 2 heteroatoms. The minimum Gasteiger partial charge on any atom is -0.372 e. The molecule has 0 aromatic heterocycles. The normalized spacial score (nSPS) is 12.4. The summed E-state index contributed by atoms with van der Waals surface area (Å²) < 4.78 is 0. The van der Waals surface area contributed by atoms with Crippen LogP contribution < -0.4 is 4.90 Å². The lowest BCUT2D eigenvalue weighted by atomic mass is 10.0. The second-order valence-corrected chi connectivity index (χ2v) is 5.08. The molecule has 90 valence electrons. The number of rotatable bonds is 7. The first-order chi connectivity index (χ1) is 7.77. The van der Waals surface area contributed by atoms with Crippen LogP contribution in [0.4, 0.5) is 5.69 Å². The Morgan fingerprint density at radius 3 is 2.44 bits per heavy atom. The van der Waals surface area contributed by atoms with Crippen LogP contribution in [0.1, 0.15) is 26.7 Å². The molecule has 0 N–H and O–H groups in total. The molecule has 0 heterocycles. The number of benzene rings is 1. The minimum atomic E-state index is 0.803. The largest absolute Gasteiger partial charge is 0.372 e. The molecule has 1 rings (SSSR count). The van der Waals surface area contributed by atoms with E-state index < -0.39 is 0 Å². The zero-order valence-corrected chi connectivity index (χ0v) is 11.9. The molecule has 0 aliphatic carbocycles. The molecular weight excluding hydrogens is 262 g/mol. The van der Waals surface area contributed by atoms with Crippen molar-refractivity contribution >= 4 is 21.6 Å². The third-order valence-electron chi connectivity index (χ3n) is 3.00. The predicted octanol–water partition coefficient (Wildman–Crippen LogP) is 4.32. The van der Waals surface area contributed by atoms with Crippen LogP contribution in [0.3, 0.4) is 0 Å². The SMILES string of the molecule is CCN(CCC(C)CCBr)c1ccccc1. The van der Waals surface area contributed by atoms with E-state index in [1.54, 1.807) is 0 Å². The highest BCUT2D eigenvalue weighted by molar-refractivity contribution is 9.09. The number of hydrogen-bond donors (Lipinski definition) is 0. The van der Waals surface area contributed by atoms with Gasteiger partial charge in [-0.3, -0.25) is 0 Å². The average Bonchev–Trinajstić information content (AvgIpc) is 2.31. The van der Waals surface area contributed by atoms with Crippen molar-refractivity contribution in [2.24, 2.45) is 5.92 Å². The van der Waals surface area contributed by atoms with E-state index in [0.29, 0.717) is 0 Å². The highest BCUT2D eigenvalue weighted by atomic mass is 79.9. The van der Waals surface area contributed by atoms with Crippen molar-refractivity contribution in [2.75, 3.05) is 23.3 Å². The second kappa shape index (κ2) is 7.72. The Hall–Kier alpha value is -0.500. The van der Waals surface area contributed by atoms with Crippen LogP contribution in [0, 0.1) is 5.92 Å². The van der Waals surface area contributed by atoms with Gasteiger partial charge in [0.1, 0.15) is 0 Å². The fourth-order valence-corrected chi connectivity index (χ4v) is 2.60. The smallest absolute Gasteiger partial charge is 0.0366 e. The van der Waals surface area contributed by atoms with Crippen LogP contribution in [0.15, 0.2) is 30.3 Å². The van der Waals surface area contributed by atoms with Crippen LogP contribution in [0.5, 0.6) is 0 Å². The van der Waals surface area contributed by atoms with Crippen molar-refractivity contribution in [2.45, 2.75) is 26.7 Å². The molecule has 0 aliphatic rings. The molecule has 0 bridgehead atoms. The van der Waals surface area contributed by atoms with E-state index >= 15 is 0 Å². The van der Waals surface area contributed by atoms with Crippen molar-refractivity contribution in [3.8, 4) is 0 Å². The Morgan fingerprint density at radius 1 is 1.19 bits per heavy atom. The van der Waals surface area contributed by atoms with Crippen molar-refractivity contribution in [3.05, 3.63) is 30.3 Å². The summed E-state index contributed by atoms with van der Waals surface area (Å²) >= 11 is 3.51. The Bertz CT molecular complexity index is 273. The van der Waals surface area contributed by atoms with Crippen molar-refractivity contribution in [1.82, 2.24) is 0 Å². The van der Waals surface area contributed by atoms with Crippen molar-refractivity contribution < 1.29 is 0 Å². The van der Waals surface area contributed by atoms with Crippen LogP contribution in [0.2, 0.25) is 0 Å². The molecule has 0 saturated heterocycles. The number of para-hydroxylation sites is 1. The summed E-state index contributed by atoms with van der Waals surface area (Å²) in [6, 6.07) is 10.7. The molecular formula is C14H22BrN. The van der Waals surface area contributed by atoms with Gasteiger partial charge >= 0.3 is 0 Å². The van der Waals surface area contributed by atoms with Gasteiger partial charge in [0.25, 0.3) is 0 Å². The summed E-state index contributed by atoms with van der Waals surface area (Å²) in [6.07, 6.45) is 2.54. The van der Waals surface area contributed by atoms with E-state index in [2.05, 4.69) is 65.0 Å². The molecule has 0 amide bonds. The fraction of sp³-hybridized carbons (Fsp3) is 0.571. The van der Waals surface area contributed by atoms with Gasteiger partial charge in [0.15, 0.2) is 0 Å². The van der Waals surface area contributed by atoms with Gasteiger partial charge in [-0.25, -0.2) is 0 Å². The molecule has 1 nitrogen and oxygen atoms in total. The van der Waals surface area contributed by atoms with Crippen LogP contribution in [-0.4, -0.2) is 18.4 Å². The number of nitrogens with zero attached hydrogens (tertiary/aromatic N) is 1. The first-order valence-electron chi connectivity index (χ1n) is 6.13. The minimum absolute atomic E-state index is 0.803. The maximum absolute atomic E-state index is 3.51. The van der Waals surface area contributed by atoms with Crippen molar-refractivity contribution in [3.63, 3.8) is 0 Å². The lowest BCUT2D eigenvalue weighted by Gasteiger charge is -2.24. The summed E-state index contributed by atoms with van der Waals surface area (Å²) in [4.78, 5) is 2.45. The molecule has 1 aromatic carbocycles. The van der Waals surface area contributed by atoms with Gasteiger partial charge in [0, 0.05) is 24.1 Å². The molecule has 0 saturated carbocycles. The quantitative estimate of drug-likeness (QED) is 0.674. The van der Waals surface area contributed by atoms with Crippen LogP contribution in [0.25, 0.3) is 0 Å². The van der Waals surface area contributed by atoms with E-state index in [0.717, 1.165) is 24.3 Å². The maximum Gasteiger partial charge on any atom is 0.0366 e. The second-order valence-electron chi connectivity index (χ2n) is 4.29. The molecule has 1 atom stereocenters. The van der Waals surface area contributed by atoms with Gasteiger partial charge in [0.2, 0.25) is 0 Å². The zero-order chi connectivity index (χ0) is 11.8. The number of halogens is 1. The van der Waals surface area contributed by atoms with Crippen LogP contribution >= 0.6 is 15.9 Å². The van der Waals surface area contributed by atoms with Gasteiger partial charge in [-0.05, 0) is 37.8 Å². The Balaban J connectivity index is 2.44. The fourth-order valence-electron chi connectivity index (χ4n) is 1.82. The number of anilines is 1. The standard InChI is InChI=1S/C14H22BrN/c1-3-16(12-10-13(2)9-11-15)14-7-5-4-6-8-14/h4-8,13H,3,9-12H2,1-2H3. The highest BCUT2D eigenvalue weighted by Crippen LogP contribution is 2.16. The molecule has 0 aliphatic heterocycles. The average molecular weight is 284 g/mol. The van der Waals surface area contributed by atoms with Gasteiger partial charge in [-0.2, -0.15) is 0 Å². The van der Waals surface area contributed by atoms with E-state index in [-0.39, 0.29) is 0 Å². The summed E-state index contributed by atoms with van der Waals surface area (Å²) in [6.45, 7) is 6.81. The van der Waals surface area contributed by atoms with Gasteiger partial charge in [-0.1, -0.05) is 41.1 Å². The number of alkyl halides is 1. The summed E-state index contributed by atoms with van der Waals surface area (Å²) in [7, 11) is 0. The molecule has 0 radical (unpaired) electrons. The third kappa shape index (κ3) is 4.56. The summed E-state index contributed by atoms with van der Waals surface area (Å²) in [5, 5.41) is 1.12. The Kier molecular flexibility index (Phi) is 6.55. The lowest BCUT2D eigenvalue weighted by Crippen LogP contribution is -2.25. The first-order valence-corrected chi connectivity index (χ1v) is 7.26. The highest BCUT2D eigenvalue weighted by Gasteiger charge is 2.06. The van der Waals surface area contributed by atoms with Crippen LogP contribution in [-0.2, 0) is 0 Å². The number of hydrogen-bond acceptors (Lipinski definition) is 1. The van der Waals surface area contributed by atoms with E-state index in [9.17, 15) is 0 Å².